The van der Waals surface area contributed by atoms with Crippen molar-refractivity contribution in [3.05, 3.63) is 93.8 Å². The van der Waals surface area contributed by atoms with Crippen LogP contribution in [-0.2, 0) is 6.54 Å². The Labute approximate surface area is 162 Å². The van der Waals surface area contributed by atoms with Gasteiger partial charge in [0.2, 0.25) is 0 Å². The molecule has 136 valence electrons. The second-order valence-corrected chi connectivity index (χ2v) is 6.70. The Morgan fingerprint density at radius 1 is 1.07 bits per heavy atom. The minimum absolute atomic E-state index is 0.233. The van der Waals surface area contributed by atoms with E-state index in [9.17, 15) is 10.1 Å². The van der Waals surface area contributed by atoms with E-state index in [1.165, 1.54) is 0 Å². The van der Waals surface area contributed by atoms with Crippen LogP contribution in [0.15, 0.2) is 71.5 Å². The van der Waals surface area contributed by atoms with Crippen LogP contribution in [0, 0.1) is 18.3 Å². The number of anilines is 1. The Kier molecular flexibility index (Phi) is 4.38. The van der Waals surface area contributed by atoms with Crippen molar-refractivity contribution in [2.45, 2.75) is 13.5 Å². The number of benzene rings is 3. The van der Waals surface area contributed by atoms with Gasteiger partial charge in [-0.05, 0) is 42.8 Å². The number of nitrogens with two attached hydrogens (primary N) is 1. The normalized spacial score (nSPS) is 10.7. The Hall–Kier alpha value is -3.91. The summed E-state index contributed by atoms with van der Waals surface area (Å²) in [5.74, 6) is 0. The largest absolute Gasteiger partial charge is 0.398 e. The van der Waals surface area contributed by atoms with E-state index in [0.29, 0.717) is 28.0 Å². The molecule has 4 rings (SSSR count). The predicted molar refractivity (Wildman–Crippen MR) is 111 cm³/mol. The number of aromatic nitrogens is 2. The number of rotatable bonds is 3. The van der Waals surface area contributed by atoms with Crippen LogP contribution in [0.5, 0.6) is 0 Å². The van der Waals surface area contributed by atoms with Gasteiger partial charge in [0.25, 0.3) is 5.56 Å². The van der Waals surface area contributed by atoms with Gasteiger partial charge in [-0.2, -0.15) is 5.26 Å². The first-order chi connectivity index (χ1) is 13.6. The van der Waals surface area contributed by atoms with Gasteiger partial charge in [-0.15, -0.1) is 0 Å². The zero-order valence-corrected chi connectivity index (χ0v) is 15.4. The van der Waals surface area contributed by atoms with Crippen molar-refractivity contribution < 1.29 is 0 Å². The molecule has 0 aliphatic rings. The van der Waals surface area contributed by atoms with Gasteiger partial charge in [-0.25, -0.2) is 4.98 Å². The van der Waals surface area contributed by atoms with E-state index in [1.54, 1.807) is 16.7 Å². The van der Waals surface area contributed by atoms with E-state index >= 15 is 0 Å². The zero-order valence-electron chi connectivity index (χ0n) is 15.4. The van der Waals surface area contributed by atoms with Crippen LogP contribution >= 0.6 is 0 Å². The van der Waals surface area contributed by atoms with Crippen LogP contribution in [0.4, 0.5) is 5.69 Å². The third-order valence-corrected chi connectivity index (χ3v) is 4.78. The Bertz CT molecular complexity index is 1300. The molecule has 0 bridgehead atoms. The summed E-state index contributed by atoms with van der Waals surface area (Å²) >= 11 is 0. The molecule has 28 heavy (non-hydrogen) atoms. The summed E-state index contributed by atoms with van der Waals surface area (Å²) < 4.78 is 1.66. The summed E-state index contributed by atoms with van der Waals surface area (Å²) in [6.45, 7) is 2.23. The van der Waals surface area contributed by atoms with Crippen molar-refractivity contribution in [1.82, 2.24) is 9.55 Å². The highest BCUT2D eigenvalue weighted by molar-refractivity contribution is 5.81. The molecule has 4 aromatic rings. The van der Waals surface area contributed by atoms with Crippen molar-refractivity contribution in [2.75, 3.05) is 5.73 Å². The molecule has 0 fully saturated rings. The lowest BCUT2D eigenvalue weighted by Gasteiger charge is -2.14. The standard InChI is InChI=1S/C23H18N4O/c1-15-10-11-19(25)18(12-15)22-23(28)27(21-9-5-4-8-20(21)26-22)14-17-7-3-2-6-16(17)13-24/h2-12H,14,25H2,1H3. The number of nitriles is 1. The summed E-state index contributed by atoms with van der Waals surface area (Å²) in [7, 11) is 0. The van der Waals surface area contributed by atoms with Crippen molar-refractivity contribution in [3.63, 3.8) is 0 Å². The third-order valence-electron chi connectivity index (χ3n) is 4.78. The summed E-state index contributed by atoms with van der Waals surface area (Å²) in [5.41, 5.74) is 11.1. The highest BCUT2D eigenvalue weighted by Gasteiger charge is 2.16. The highest BCUT2D eigenvalue weighted by Crippen LogP contribution is 2.25. The van der Waals surface area contributed by atoms with Gasteiger partial charge in [-0.1, -0.05) is 42.0 Å². The second-order valence-electron chi connectivity index (χ2n) is 6.70. The monoisotopic (exact) mass is 366 g/mol. The molecule has 0 aliphatic carbocycles. The van der Waals surface area contributed by atoms with E-state index in [4.69, 9.17) is 5.73 Å². The Morgan fingerprint density at radius 3 is 2.64 bits per heavy atom. The average molecular weight is 366 g/mol. The van der Waals surface area contributed by atoms with Crippen LogP contribution in [0.3, 0.4) is 0 Å². The molecule has 2 N–H and O–H groups in total. The smallest absolute Gasteiger partial charge is 0.277 e. The zero-order chi connectivity index (χ0) is 19.7. The minimum atomic E-state index is -0.233. The molecular formula is C23H18N4O. The fourth-order valence-electron chi connectivity index (χ4n) is 3.34. The van der Waals surface area contributed by atoms with Crippen LogP contribution < -0.4 is 11.3 Å². The lowest BCUT2D eigenvalue weighted by Crippen LogP contribution is -2.25. The van der Waals surface area contributed by atoms with Crippen LogP contribution in [-0.4, -0.2) is 9.55 Å². The maximum Gasteiger partial charge on any atom is 0.277 e. The van der Waals surface area contributed by atoms with E-state index in [-0.39, 0.29) is 12.1 Å². The van der Waals surface area contributed by atoms with Crippen LogP contribution in [0.1, 0.15) is 16.7 Å². The molecular weight excluding hydrogens is 348 g/mol. The van der Waals surface area contributed by atoms with Gasteiger partial charge >= 0.3 is 0 Å². The third kappa shape index (κ3) is 3.01. The average Bonchev–Trinajstić information content (AvgIpc) is 2.72. The molecule has 0 aliphatic heterocycles. The van der Waals surface area contributed by atoms with E-state index in [1.807, 2.05) is 61.5 Å². The maximum atomic E-state index is 13.4. The number of aryl methyl sites for hydroxylation is 1. The molecule has 0 radical (unpaired) electrons. The number of fused-ring (bicyclic) bond motifs is 1. The molecule has 0 amide bonds. The second kappa shape index (κ2) is 7.01. The van der Waals surface area contributed by atoms with Gasteiger partial charge in [-0.3, -0.25) is 4.79 Å². The molecule has 0 saturated carbocycles. The highest BCUT2D eigenvalue weighted by atomic mass is 16.1. The number of hydrogen-bond acceptors (Lipinski definition) is 4. The van der Waals surface area contributed by atoms with E-state index < -0.39 is 0 Å². The van der Waals surface area contributed by atoms with E-state index in [2.05, 4.69) is 11.1 Å². The summed E-state index contributed by atoms with van der Waals surface area (Å²) in [5, 5.41) is 9.41. The number of para-hydroxylation sites is 2. The minimum Gasteiger partial charge on any atom is -0.398 e. The summed E-state index contributed by atoms with van der Waals surface area (Å²) in [4.78, 5) is 18.0. The maximum absolute atomic E-state index is 13.4. The lowest BCUT2D eigenvalue weighted by atomic mass is 10.1. The first kappa shape index (κ1) is 17.5. The van der Waals surface area contributed by atoms with Crippen molar-refractivity contribution >= 4 is 16.7 Å². The van der Waals surface area contributed by atoms with Gasteiger partial charge in [0.1, 0.15) is 5.69 Å². The predicted octanol–water partition coefficient (Wildman–Crippen LogP) is 3.87. The van der Waals surface area contributed by atoms with Crippen molar-refractivity contribution in [2.24, 2.45) is 0 Å². The van der Waals surface area contributed by atoms with Gasteiger partial charge < -0.3 is 10.3 Å². The lowest BCUT2D eigenvalue weighted by molar-refractivity contribution is 0.787. The van der Waals surface area contributed by atoms with Crippen LogP contribution in [0.2, 0.25) is 0 Å². The SMILES string of the molecule is Cc1ccc(N)c(-c2nc3ccccc3n(Cc3ccccc3C#N)c2=O)c1. The molecule has 3 aromatic carbocycles. The Balaban J connectivity index is 2.00. The van der Waals surface area contributed by atoms with E-state index in [0.717, 1.165) is 16.6 Å². The number of nitrogen functional groups attached to an aromatic ring is 1. The summed E-state index contributed by atoms with van der Waals surface area (Å²) in [6, 6.07) is 22.6. The van der Waals surface area contributed by atoms with Gasteiger partial charge in [0.15, 0.2) is 0 Å². The fraction of sp³-hybridized carbons (Fsp3) is 0.0870. The summed E-state index contributed by atoms with van der Waals surface area (Å²) in [6.07, 6.45) is 0. The molecule has 1 heterocycles. The quantitative estimate of drug-likeness (QED) is 0.558. The molecule has 0 spiro atoms. The molecule has 0 atom stereocenters. The van der Waals surface area contributed by atoms with Crippen LogP contribution in [0.25, 0.3) is 22.3 Å². The Morgan fingerprint density at radius 2 is 1.82 bits per heavy atom. The molecule has 0 saturated heterocycles. The fourth-order valence-corrected chi connectivity index (χ4v) is 3.34. The first-order valence-electron chi connectivity index (χ1n) is 8.92. The first-order valence-corrected chi connectivity index (χ1v) is 8.92. The number of nitrogens with zero attached hydrogens (tertiary/aromatic N) is 3. The van der Waals surface area contributed by atoms with Crippen molar-refractivity contribution in [3.8, 4) is 17.3 Å². The van der Waals surface area contributed by atoms with Gasteiger partial charge in [0.05, 0.1) is 29.2 Å². The van der Waals surface area contributed by atoms with Crippen molar-refractivity contribution in [1.29, 1.82) is 5.26 Å². The number of hydrogen-bond donors (Lipinski definition) is 1. The molecule has 0 unspecified atom stereocenters. The van der Waals surface area contributed by atoms with Gasteiger partial charge in [0, 0.05) is 11.3 Å². The molecule has 5 nitrogen and oxygen atoms in total. The molecule has 1 aromatic heterocycles. The molecule has 5 heteroatoms. The topological polar surface area (TPSA) is 84.7 Å².